The minimum absolute atomic E-state index is 0.0115. The van der Waals surface area contributed by atoms with E-state index in [1.807, 2.05) is 32.0 Å². The van der Waals surface area contributed by atoms with Gasteiger partial charge in [-0.1, -0.05) is 6.42 Å². The fraction of sp³-hybridized carbons (Fsp3) is 0.467. The lowest BCUT2D eigenvalue weighted by Crippen LogP contribution is -2.43. The van der Waals surface area contributed by atoms with Gasteiger partial charge < -0.3 is 10.2 Å². The quantitative estimate of drug-likeness (QED) is 0.918. The molecule has 0 spiro atoms. The number of aryl methyl sites for hydroxylation is 2. The molecular weight excluding hydrogens is 238 g/mol. The summed E-state index contributed by atoms with van der Waals surface area (Å²) in [7, 11) is 0. The van der Waals surface area contributed by atoms with Gasteiger partial charge in [-0.05, 0) is 44.9 Å². The van der Waals surface area contributed by atoms with Gasteiger partial charge >= 0.3 is 0 Å². The molecule has 4 nitrogen and oxygen atoms in total. The van der Waals surface area contributed by atoms with Gasteiger partial charge in [0.1, 0.15) is 17.3 Å². The van der Waals surface area contributed by atoms with Gasteiger partial charge in [-0.2, -0.15) is 0 Å². The van der Waals surface area contributed by atoms with E-state index in [2.05, 4.69) is 4.98 Å². The number of hydrogen-bond donors (Lipinski definition) is 1. The molecule has 2 aromatic heterocycles. The molecule has 0 saturated heterocycles. The molecule has 4 heteroatoms. The largest absolute Gasteiger partial charge is 0.460 e. The molecule has 0 aliphatic heterocycles. The van der Waals surface area contributed by atoms with Crippen molar-refractivity contribution in [1.82, 2.24) is 9.97 Å². The number of nitrogens with zero attached hydrogens (tertiary/aromatic N) is 2. The van der Waals surface area contributed by atoms with Crippen LogP contribution in [0.25, 0.3) is 11.5 Å². The van der Waals surface area contributed by atoms with E-state index in [1.54, 1.807) is 0 Å². The second kappa shape index (κ2) is 4.46. The third-order valence-corrected chi connectivity index (χ3v) is 4.02. The summed E-state index contributed by atoms with van der Waals surface area (Å²) < 4.78 is 5.66. The maximum atomic E-state index is 5.94. The molecule has 2 heterocycles. The highest BCUT2D eigenvalue weighted by atomic mass is 16.3. The monoisotopic (exact) mass is 257 g/mol. The van der Waals surface area contributed by atoms with Gasteiger partial charge in [-0.25, -0.2) is 9.97 Å². The van der Waals surface area contributed by atoms with Gasteiger partial charge in [0.2, 0.25) is 0 Å². The van der Waals surface area contributed by atoms with Gasteiger partial charge in [0.05, 0.1) is 0 Å². The van der Waals surface area contributed by atoms with Crippen LogP contribution in [0.5, 0.6) is 0 Å². The molecule has 3 rings (SSSR count). The van der Waals surface area contributed by atoms with E-state index < -0.39 is 0 Å². The summed E-state index contributed by atoms with van der Waals surface area (Å²) in [6.07, 6.45) is 3.39. The Bertz CT molecular complexity index is 594. The Morgan fingerprint density at radius 3 is 2.58 bits per heavy atom. The van der Waals surface area contributed by atoms with E-state index in [1.165, 1.54) is 6.42 Å². The lowest BCUT2D eigenvalue weighted by atomic mass is 9.68. The molecule has 0 unspecified atom stereocenters. The summed E-state index contributed by atoms with van der Waals surface area (Å²) >= 11 is 0. The van der Waals surface area contributed by atoms with Crippen LogP contribution in [0, 0.1) is 13.8 Å². The SMILES string of the molecule is Cc1cc(-c2ccc(C)o2)nc(C2(CN)CCC2)n1. The minimum atomic E-state index is -0.0115. The first kappa shape index (κ1) is 12.4. The van der Waals surface area contributed by atoms with Gasteiger partial charge in [0, 0.05) is 17.7 Å². The zero-order chi connectivity index (χ0) is 13.5. The van der Waals surface area contributed by atoms with Crippen molar-refractivity contribution in [2.75, 3.05) is 6.54 Å². The van der Waals surface area contributed by atoms with Gasteiger partial charge in [-0.15, -0.1) is 0 Å². The van der Waals surface area contributed by atoms with Gasteiger partial charge in [0.25, 0.3) is 0 Å². The van der Waals surface area contributed by atoms with E-state index in [4.69, 9.17) is 15.1 Å². The minimum Gasteiger partial charge on any atom is -0.460 e. The van der Waals surface area contributed by atoms with E-state index in [9.17, 15) is 0 Å². The Hall–Kier alpha value is -1.68. The van der Waals surface area contributed by atoms with Gasteiger partial charge in [0.15, 0.2) is 5.76 Å². The van der Waals surface area contributed by atoms with Crippen molar-refractivity contribution in [3.05, 3.63) is 35.5 Å². The zero-order valence-corrected chi connectivity index (χ0v) is 11.4. The number of rotatable bonds is 3. The second-order valence-electron chi connectivity index (χ2n) is 5.47. The van der Waals surface area contributed by atoms with Gasteiger partial charge in [-0.3, -0.25) is 0 Å². The van der Waals surface area contributed by atoms with Crippen molar-refractivity contribution in [2.45, 2.75) is 38.5 Å². The summed E-state index contributed by atoms with van der Waals surface area (Å²) in [5, 5.41) is 0. The topological polar surface area (TPSA) is 64.9 Å². The molecular formula is C15H19N3O. The molecule has 19 heavy (non-hydrogen) atoms. The number of furan rings is 1. The second-order valence-corrected chi connectivity index (χ2v) is 5.47. The van der Waals surface area contributed by atoms with Crippen LogP contribution in [0.1, 0.15) is 36.5 Å². The van der Waals surface area contributed by atoms with E-state index in [0.29, 0.717) is 6.54 Å². The first-order valence-electron chi connectivity index (χ1n) is 6.76. The third kappa shape index (κ3) is 2.06. The van der Waals surface area contributed by atoms with Crippen LogP contribution in [0.15, 0.2) is 22.6 Å². The molecule has 2 aromatic rings. The van der Waals surface area contributed by atoms with Crippen molar-refractivity contribution in [1.29, 1.82) is 0 Å². The van der Waals surface area contributed by atoms with E-state index >= 15 is 0 Å². The first-order chi connectivity index (χ1) is 9.13. The fourth-order valence-corrected chi connectivity index (χ4v) is 2.63. The first-order valence-corrected chi connectivity index (χ1v) is 6.76. The summed E-state index contributed by atoms with van der Waals surface area (Å²) in [4.78, 5) is 9.30. The lowest BCUT2D eigenvalue weighted by Gasteiger charge is -2.39. The molecule has 0 atom stereocenters. The number of aromatic nitrogens is 2. The van der Waals surface area contributed by atoms with Crippen molar-refractivity contribution in [3.63, 3.8) is 0 Å². The highest BCUT2D eigenvalue weighted by Gasteiger charge is 2.40. The molecule has 1 fully saturated rings. The summed E-state index contributed by atoms with van der Waals surface area (Å²) in [5.74, 6) is 2.58. The molecule has 100 valence electrons. The van der Waals surface area contributed by atoms with Crippen LogP contribution in [-0.2, 0) is 5.41 Å². The van der Waals surface area contributed by atoms with Crippen LogP contribution in [0.4, 0.5) is 0 Å². The van der Waals surface area contributed by atoms with E-state index in [-0.39, 0.29) is 5.41 Å². The highest BCUT2D eigenvalue weighted by Crippen LogP contribution is 2.41. The van der Waals surface area contributed by atoms with E-state index in [0.717, 1.165) is 41.6 Å². The molecule has 1 aliphatic carbocycles. The Balaban J connectivity index is 2.05. The highest BCUT2D eigenvalue weighted by molar-refractivity contribution is 5.53. The predicted molar refractivity (Wildman–Crippen MR) is 73.8 cm³/mol. The molecule has 0 bridgehead atoms. The van der Waals surface area contributed by atoms with Crippen LogP contribution < -0.4 is 5.73 Å². The maximum Gasteiger partial charge on any atom is 0.152 e. The standard InChI is InChI=1S/C15H19N3O/c1-10-8-12(13-5-4-11(2)19-13)18-14(17-10)15(9-16)6-3-7-15/h4-5,8H,3,6-7,9,16H2,1-2H3. The molecule has 1 saturated carbocycles. The van der Waals surface area contributed by atoms with Crippen molar-refractivity contribution >= 4 is 0 Å². The number of hydrogen-bond acceptors (Lipinski definition) is 4. The average Bonchev–Trinajstić information content (AvgIpc) is 2.75. The summed E-state index contributed by atoms with van der Waals surface area (Å²) in [5.41, 5.74) is 7.75. The molecule has 0 amide bonds. The lowest BCUT2D eigenvalue weighted by molar-refractivity contribution is 0.237. The summed E-state index contributed by atoms with van der Waals surface area (Å²) in [6, 6.07) is 5.87. The van der Waals surface area contributed by atoms with Crippen LogP contribution in [0.3, 0.4) is 0 Å². The Labute approximate surface area is 113 Å². The van der Waals surface area contributed by atoms with Crippen molar-refractivity contribution in [2.24, 2.45) is 5.73 Å². The Morgan fingerprint density at radius 1 is 1.26 bits per heavy atom. The van der Waals surface area contributed by atoms with Crippen LogP contribution in [-0.4, -0.2) is 16.5 Å². The van der Waals surface area contributed by atoms with Crippen molar-refractivity contribution in [3.8, 4) is 11.5 Å². The van der Waals surface area contributed by atoms with Crippen LogP contribution in [0.2, 0.25) is 0 Å². The third-order valence-electron chi connectivity index (χ3n) is 4.02. The molecule has 0 aromatic carbocycles. The normalized spacial score (nSPS) is 17.2. The fourth-order valence-electron chi connectivity index (χ4n) is 2.63. The van der Waals surface area contributed by atoms with Crippen LogP contribution >= 0.6 is 0 Å². The molecule has 1 aliphatic rings. The molecule has 2 N–H and O–H groups in total. The maximum absolute atomic E-state index is 5.94. The Kier molecular flexibility index (Phi) is 2.90. The average molecular weight is 257 g/mol. The zero-order valence-electron chi connectivity index (χ0n) is 11.4. The smallest absolute Gasteiger partial charge is 0.152 e. The van der Waals surface area contributed by atoms with Crippen molar-refractivity contribution < 1.29 is 4.42 Å². The molecule has 0 radical (unpaired) electrons. The summed E-state index contributed by atoms with van der Waals surface area (Å²) in [6.45, 7) is 4.55. The predicted octanol–water partition coefficient (Wildman–Crippen LogP) is 2.73. The number of nitrogens with two attached hydrogens (primary N) is 1. The Morgan fingerprint density at radius 2 is 2.05 bits per heavy atom.